The summed E-state index contributed by atoms with van der Waals surface area (Å²) in [6, 6.07) is 11.1. The molecular formula is C19H21N3O5. The lowest BCUT2D eigenvalue weighted by Crippen LogP contribution is -2.24. The number of nitrogens with one attached hydrogen (secondary N) is 1. The minimum atomic E-state index is -0.587. The average molecular weight is 371 g/mol. The lowest BCUT2D eigenvalue weighted by atomic mass is 10.1. The van der Waals surface area contributed by atoms with Gasteiger partial charge in [-0.3, -0.25) is 14.9 Å². The van der Waals surface area contributed by atoms with E-state index >= 15 is 0 Å². The molecule has 2 N–H and O–H groups in total. The third-order valence-electron chi connectivity index (χ3n) is 3.73. The van der Waals surface area contributed by atoms with E-state index in [0.29, 0.717) is 5.75 Å². The van der Waals surface area contributed by atoms with E-state index in [-0.39, 0.29) is 23.6 Å². The Hall–Kier alpha value is -3.42. The van der Waals surface area contributed by atoms with Crippen LogP contribution in [0.2, 0.25) is 0 Å². The van der Waals surface area contributed by atoms with Gasteiger partial charge in [-0.25, -0.2) is 5.43 Å². The van der Waals surface area contributed by atoms with Gasteiger partial charge in [0.05, 0.1) is 11.1 Å². The molecule has 0 unspecified atom stereocenters. The van der Waals surface area contributed by atoms with E-state index in [9.17, 15) is 20.0 Å². The first-order chi connectivity index (χ1) is 13.0. The number of aryl methyl sites for hydroxylation is 1. The van der Waals surface area contributed by atoms with Crippen LogP contribution >= 0.6 is 0 Å². The molecule has 2 rings (SSSR count). The number of non-ortho nitro benzene ring substituents is 1. The number of phenols is 1. The maximum Gasteiger partial charge on any atom is 0.277 e. The number of carbonyl (C=O) groups is 1. The fourth-order valence-electron chi connectivity index (χ4n) is 2.25. The van der Waals surface area contributed by atoms with Crippen LogP contribution in [0.5, 0.6) is 11.5 Å². The van der Waals surface area contributed by atoms with Gasteiger partial charge in [-0.1, -0.05) is 25.5 Å². The third kappa shape index (κ3) is 6.43. The minimum absolute atomic E-state index is 0.119. The first-order valence-corrected chi connectivity index (χ1v) is 8.50. The smallest absolute Gasteiger partial charge is 0.277 e. The number of benzene rings is 2. The third-order valence-corrected chi connectivity index (χ3v) is 3.73. The molecule has 0 aliphatic carbocycles. The van der Waals surface area contributed by atoms with Crippen molar-refractivity contribution in [2.45, 2.75) is 26.2 Å². The van der Waals surface area contributed by atoms with Crippen LogP contribution in [0.25, 0.3) is 0 Å². The lowest BCUT2D eigenvalue weighted by Gasteiger charge is -2.06. The van der Waals surface area contributed by atoms with Gasteiger partial charge < -0.3 is 9.84 Å². The van der Waals surface area contributed by atoms with E-state index in [2.05, 4.69) is 17.5 Å². The molecule has 1 amide bonds. The molecule has 2 aromatic carbocycles. The number of unbranched alkanes of at least 4 members (excludes halogenated alkanes) is 1. The monoisotopic (exact) mass is 371 g/mol. The number of nitro benzene ring substituents is 1. The Balaban J connectivity index is 1.83. The summed E-state index contributed by atoms with van der Waals surface area (Å²) in [4.78, 5) is 21.9. The topological polar surface area (TPSA) is 114 Å². The van der Waals surface area contributed by atoms with Crippen LogP contribution in [0.15, 0.2) is 47.6 Å². The zero-order valence-electron chi connectivity index (χ0n) is 14.9. The fourth-order valence-corrected chi connectivity index (χ4v) is 2.25. The molecular weight excluding hydrogens is 350 g/mol. The van der Waals surface area contributed by atoms with Crippen molar-refractivity contribution < 1.29 is 19.6 Å². The SMILES string of the molecule is CCCCc1ccc(OCC(=O)N/N=C\c2cc([N+](=O)[O-])ccc2O)cc1. The number of carbonyl (C=O) groups excluding carboxylic acids is 1. The molecule has 8 nitrogen and oxygen atoms in total. The summed E-state index contributed by atoms with van der Waals surface area (Å²) in [6.07, 6.45) is 4.40. The summed E-state index contributed by atoms with van der Waals surface area (Å²) in [7, 11) is 0. The molecule has 0 saturated carbocycles. The van der Waals surface area contributed by atoms with Gasteiger partial charge in [-0.15, -0.1) is 0 Å². The van der Waals surface area contributed by atoms with Crippen molar-refractivity contribution in [1.29, 1.82) is 0 Å². The molecule has 0 radical (unpaired) electrons. The molecule has 142 valence electrons. The quantitative estimate of drug-likeness (QED) is 0.399. The highest BCUT2D eigenvalue weighted by molar-refractivity contribution is 5.86. The van der Waals surface area contributed by atoms with Gasteiger partial charge in [0.15, 0.2) is 6.61 Å². The highest BCUT2D eigenvalue weighted by Crippen LogP contribution is 2.21. The van der Waals surface area contributed by atoms with Crippen LogP contribution in [0, 0.1) is 10.1 Å². The van der Waals surface area contributed by atoms with Gasteiger partial charge >= 0.3 is 0 Å². The Morgan fingerprint density at radius 1 is 1.30 bits per heavy atom. The maximum absolute atomic E-state index is 11.8. The molecule has 0 spiro atoms. The summed E-state index contributed by atoms with van der Waals surface area (Å²) in [6.45, 7) is 1.91. The molecule has 0 bridgehead atoms. The van der Waals surface area contributed by atoms with E-state index in [4.69, 9.17) is 4.74 Å². The minimum Gasteiger partial charge on any atom is -0.507 e. The van der Waals surface area contributed by atoms with Crippen molar-refractivity contribution in [3.05, 3.63) is 63.7 Å². The van der Waals surface area contributed by atoms with Crippen LogP contribution in [-0.2, 0) is 11.2 Å². The number of amides is 1. The number of aromatic hydroxyl groups is 1. The standard InChI is InChI=1S/C19H21N3O5/c1-2-3-4-14-5-8-17(9-6-14)27-13-19(24)21-20-12-15-11-16(22(25)26)7-10-18(15)23/h5-12,23H,2-4,13H2,1H3,(H,21,24)/b20-12-. The van der Waals surface area contributed by atoms with E-state index in [1.54, 1.807) is 0 Å². The van der Waals surface area contributed by atoms with Crippen LogP contribution in [0.4, 0.5) is 5.69 Å². The summed E-state index contributed by atoms with van der Waals surface area (Å²) < 4.78 is 5.38. The summed E-state index contributed by atoms with van der Waals surface area (Å²) in [5.41, 5.74) is 3.39. The summed E-state index contributed by atoms with van der Waals surface area (Å²) >= 11 is 0. The first kappa shape index (κ1) is 19.9. The molecule has 27 heavy (non-hydrogen) atoms. The van der Waals surface area contributed by atoms with Crippen molar-refractivity contribution >= 4 is 17.8 Å². The summed E-state index contributed by atoms with van der Waals surface area (Å²) in [5, 5.41) is 24.1. The predicted octanol–water partition coefficient (Wildman–Crippen LogP) is 3.17. The predicted molar refractivity (Wildman–Crippen MR) is 101 cm³/mol. The lowest BCUT2D eigenvalue weighted by molar-refractivity contribution is -0.384. The van der Waals surface area contributed by atoms with Crippen LogP contribution in [0.1, 0.15) is 30.9 Å². The molecule has 0 heterocycles. The summed E-state index contributed by atoms with van der Waals surface area (Å²) in [5.74, 6) is -0.102. The Labute approximate surface area is 156 Å². The van der Waals surface area contributed by atoms with Gasteiger partial charge in [-0.05, 0) is 36.6 Å². The highest BCUT2D eigenvalue weighted by atomic mass is 16.6. The molecule has 0 aliphatic rings. The fraction of sp³-hybridized carbons (Fsp3) is 0.263. The van der Waals surface area contributed by atoms with Crippen LogP contribution < -0.4 is 10.2 Å². The number of nitrogens with zero attached hydrogens (tertiary/aromatic N) is 2. The highest BCUT2D eigenvalue weighted by Gasteiger charge is 2.09. The molecule has 0 saturated heterocycles. The Bertz CT molecular complexity index is 819. The zero-order chi connectivity index (χ0) is 19.6. The normalized spacial score (nSPS) is 10.7. The first-order valence-electron chi connectivity index (χ1n) is 8.50. The van der Waals surface area contributed by atoms with Crippen LogP contribution in [0.3, 0.4) is 0 Å². The zero-order valence-corrected chi connectivity index (χ0v) is 14.9. The van der Waals surface area contributed by atoms with Gasteiger partial charge in [0.2, 0.25) is 0 Å². The van der Waals surface area contributed by atoms with E-state index in [0.717, 1.165) is 31.5 Å². The second-order valence-corrected chi connectivity index (χ2v) is 5.83. The van der Waals surface area contributed by atoms with E-state index < -0.39 is 10.8 Å². The van der Waals surface area contributed by atoms with Crippen molar-refractivity contribution in [1.82, 2.24) is 5.43 Å². The largest absolute Gasteiger partial charge is 0.507 e. The Kier molecular flexibility index (Phi) is 7.30. The molecule has 0 atom stereocenters. The average Bonchev–Trinajstić information content (AvgIpc) is 2.66. The Morgan fingerprint density at radius 2 is 2.04 bits per heavy atom. The second kappa shape index (κ2) is 9.91. The molecule has 0 aromatic heterocycles. The number of hydrazone groups is 1. The number of rotatable bonds is 9. The van der Waals surface area contributed by atoms with Gasteiger partial charge in [0, 0.05) is 17.7 Å². The second-order valence-electron chi connectivity index (χ2n) is 5.83. The number of nitro groups is 1. The number of hydrogen-bond donors (Lipinski definition) is 2. The van der Waals surface area contributed by atoms with Crippen molar-refractivity contribution in [3.8, 4) is 11.5 Å². The van der Waals surface area contributed by atoms with Crippen molar-refractivity contribution in [2.75, 3.05) is 6.61 Å². The van der Waals surface area contributed by atoms with Crippen molar-refractivity contribution in [3.63, 3.8) is 0 Å². The van der Waals surface area contributed by atoms with Gasteiger partial charge in [0.25, 0.3) is 11.6 Å². The van der Waals surface area contributed by atoms with Crippen LogP contribution in [-0.4, -0.2) is 28.8 Å². The van der Waals surface area contributed by atoms with E-state index in [1.165, 1.54) is 17.7 Å². The maximum atomic E-state index is 11.8. The number of ether oxygens (including phenoxy) is 1. The Morgan fingerprint density at radius 3 is 2.70 bits per heavy atom. The van der Waals surface area contributed by atoms with E-state index in [1.807, 2.05) is 24.3 Å². The molecule has 8 heteroatoms. The number of hydrogen-bond acceptors (Lipinski definition) is 6. The van der Waals surface area contributed by atoms with Gasteiger partial charge in [-0.2, -0.15) is 5.10 Å². The molecule has 0 fully saturated rings. The van der Waals surface area contributed by atoms with Gasteiger partial charge in [0.1, 0.15) is 11.5 Å². The molecule has 0 aliphatic heterocycles. The van der Waals surface area contributed by atoms with Crippen molar-refractivity contribution in [2.24, 2.45) is 5.10 Å². The number of phenolic OH excluding ortho intramolecular Hbond substituents is 1. The molecule has 2 aromatic rings.